The molecule has 184 valence electrons. The zero-order valence-electron chi connectivity index (χ0n) is 20.7. The van der Waals surface area contributed by atoms with Crippen LogP contribution in [-0.2, 0) is 26.0 Å². The lowest BCUT2D eigenvalue weighted by molar-refractivity contribution is -0.132. The van der Waals surface area contributed by atoms with Crippen molar-refractivity contribution >= 4 is 27.5 Å². The van der Waals surface area contributed by atoms with Gasteiger partial charge in [-0.05, 0) is 62.4 Å². The lowest BCUT2D eigenvalue weighted by Gasteiger charge is -2.46. The van der Waals surface area contributed by atoms with Crippen LogP contribution < -0.4 is 10.2 Å². The molecule has 1 atom stereocenters. The van der Waals surface area contributed by atoms with Crippen molar-refractivity contribution in [1.29, 1.82) is 0 Å². The Kier molecular flexibility index (Phi) is 7.83. The first kappa shape index (κ1) is 25.9. The van der Waals surface area contributed by atoms with E-state index in [-0.39, 0.29) is 23.9 Å². The fraction of sp³-hybridized carbons (Fsp3) is 0.462. The number of aryl methyl sites for hydroxylation is 2. The van der Waals surface area contributed by atoms with Crippen molar-refractivity contribution in [3.63, 3.8) is 0 Å². The van der Waals surface area contributed by atoms with Crippen LogP contribution in [0, 0.1) is 12.8 Å². The van der Waals surface area contributed by atoms with Crippen LogP contribution in [0.25, 0.3) is 0 Å². The molecule has 1 saturated heterocycles. The van der Waals surface area contributed by atoms with E-state index in [1.165, 1.54) is 17.0 Å². The van der Waals surface area contributed by atoms with Gasteiger partial charge in [0.25, 0.3) is 0 Å². The highest BCUT2D eigenvalue weighted by Crippen LogP contribution is 2.33. The van der Waals surface area contributed by atoms with Gasteiger partial charge in [-0.1, -0.05) is 50.6 Å². The second-order valence-electron chi connectivity index (χ2n) is 9.55. The highest BCUT2D eigenvalue weighted by molar-refractivity contribution is 7.89. The van der Waals surface area contributed by atoms with E-state index in [1.807, 2.05) is 32.0 Å². The predicted molar refractivity (Wildman–Crippen MR) is 134 cm³/mol. The van der Waals surface area contributed by atoms with Gasteiger partial charge in [0.05, 0.1) is 11.4 Å². The van der Waals surface area contributed by atoms with E-state index < -0.39 is 21.5 Å². The van der Waals surface area contributed by atoms with Crippen LogP contribution >= 0.6 is 0 Å². The molecular formula is C26H35N3O4S. The molecule has 0 spiro atoms. The van der Waals surface area contributed by atoms with Crippen molar-refractivity contribution in [2.45, 2.75) is 57.9 Å². The molecule has 3 rings (SSSR count). The normalized spacial score (nSPS) is 19.5. The number of amides is 2. The molecule has 0 radical (unpaired) electrons. The number of benzene rings is 2. The monoisotopic (exact) mass is 485 g/mol. The lowest BCUT2D eigenvalue weighted by atomic mass is 9.94. The maximum atomic E-state index is 13.5. The topological polar surface area (TPSA) is 86.8 Å². The Balaban J connectivity index is 2.02. The molecule has 2 amide bonds. The van der Waals surface area contributed by atoms with Crippen LogP contribution in [0.4, 0.5) is 5.69 Å². The molecule has 0 aliphatic carbocycles. The van der Waals surface area contributed by atoms with E-state index in [9.17, 15) is 18.0 Å². The Labute approximate surface area is 203 Å². The summed E-state index contributed by atoms with van der Waals surface area (Å²) in [6.45, 7) is 9.65. The molecule has 7 nitrogen and oxygen atoms in total. The summed E-state index contributed by atoms with van der Waals surface area (Å²) in [5.41, 5.74) is 1.15. The van der Waals surface area contributed by atoms with Crippen molar-refractivity contribution in [3.05, 3.63) is 59.7 Å². The number of piperazine rings is 1. The SMILES string of the molecule is CCc1cccc(N2C(=O)CN(S(=O)(=O)c3ccc(C)cc3)C[C@]2(C)C(=O)NCCC(C)C)c1. The third-order valence-corrected chi connectivity index (χ3v) is 8.08. The van der Waals surface area contributed by atoms with E-state index in [0.717, 1.165) is 28.3 Å². The van der Waals surface area contributed by atoms with Crippen molar-refractivity contribution in [1.82, 2.24) is 9.62 Å². The molecule has 1 aliphatic heterocycles. The number of carbonyl (C=O) groups is 2. The summed E-state index contributed by atoms with van der Waals surface area (Å²) in [4.78, 5) is 28.6. The zero-order chi connectivity index (χ0) is 25.1. The van der Waals surface area contributed by atoms with E-state index in [0.29, 0.717) is 18.2 Å². The van der Waals surface area contributed by atoms with Crippen LogP contribution in [0.1, 0.15) is 45.2 Å². The summed E-state index contributed by atoms with van der Waals surface area (Å²) in [5, 5.41) is 2.94. The van der Waals surface area contributed by atoms with Crippen LogP contribution in [0.5, 0.6) is 0 Å². The van der Waals surface area contributed by atoms with Crippen molar-refractivity contribution in [2.24, 2.45) is 5.92 Å². The van der Waals surface area contributed by atoms with Gasteiger partial charge in [0, 0.05) is 18.8 Å². The van der Waals surface area contributed by atoms with Gasteiger partial charge >= 0.3 is 0 Å². The quantitative estimate of drug-likeness (QED) is 0.620. The number of carbonyl (C=O) groups excluding carboxylic acids is 2. The van der Waals surface area contributed by atoms with Gasteiger partial charge in [0.2, 0.25) is 21.8 Å². The average Bonchev–Trinajstić information content (AvgIpc) is 2.78. The third kappa shape index (κ3) is 5.33. The summed E-state index contributed by atoms with van der Waals surface area (Å²) >= 11 is 0. The Morgan fingerprint density at radius 3 is 2.44 bits per heavy atom. The number of anilines is 1. The van der Waals surface area contributed by atoms with Crippen LogP contribution in [-0.4, -0.2) is 49.7 Å². The molecular weight excluding hydrogens is 450 g/mol. The Morgan fingerprint density at radius 1 is 1.15 bits per heavy atom. The fourth-order valence-electron chi connectivity index (χ4n) is 4.18. The molecule has 1 fully saturated rings. The highest BCUT2D eigenvalue weighted by Gasteiger charge is 2.51. The third-order valence-electron chi connectivity index (χ3n) is 6.27. The van der Waals surface area contributed by atoms with Crippen molar-refractivity contribution < 1.29 is 18.0 Å². The minimum absolute atomic E-state index is 0.106. The molecule has 34 heavy (non-hydrogen) atoms. The molecule has 1 aliphatic rings. The average molecular weight is 486 g/mol. The molecule has 2 aromatic carbocycles. The molecule has 0 aromatic heterocycles. The van der Waals surface area contributed by atoms with Gasteiger partial charge in [-0.15, -0.1) is 0 Å². The van der Waals surface area contributed by atoms with Gasteiger partial charge in [-0.25, -0.2) is 8.42 Å². The summed E-state index contributed by atoms with van der Waals surface area (Å²) in [7, 11) is -3.96. The summed E-state index contributed by atoms with van der Waals surface area (Å²) < 4.78 is 28.0. The van der Waals surface area contributed by atoms with E-state index in [2.05, 4.69) is 19.2 Å². The standard InChI is InChI=1S/C26H35N3O4S/c1-6-21-8-7-9-22(16-21)29-24(30)17-28(34(32,33)23-12-10-20(4)11-13-23)18-26(29,5)25(31)27-15-14-19(2)3/h7-13,16,19H,6,14-15,17-18H2,1-5H3,(H,27,31)/t26-/m1/s1. The Bertz CT molecular complexity index is 1140. The molecule has 1 heterocycles. The van der Waals surface area contributed by atoms with Crippen molar-refractivity contribution in [2.75, 3.05) is 24.5 Å². The zero-order valence-corrected chi connectivity index (χ0v) is 21.5. The second-order valence-corrected chi connectivity index (χ2v) is 11.5. The first-order valence-electron chi connectivity index (χ1n) is 11.8. The highest BCUT2D eigenvalue weighted by atomic mass is 32.2. The number of hydrogen-bond acceptors (Lipinski definition) is 4. The van der Waals surface area contributed by atoms with E-state index in [4.69, 9.17) is 0 Å². The van der Waals surface area contributed by atoms with Gasteiger partial charge in [-0.3, -0.25) is 14.5 Å². The van der Waals surface area contributed by atoms with E-state index >= 15 is 0 Å². The summed E-state index contributed by atoms with van der Waals surface area (Å²) in [6.07, 6.45) is 1.56. The van der Waals surface area contributed by atoms with Gasteiger partial charge in [0.1, 0.15) is 5.54 Å². The number of rotatable bonds is 8. The minimum Gasteiger partial charge on any atom is -0.354 e. The van der Waals surface area contributed by atoms with Gasteiger partial charge < -0.3 is 5.32 Å². The smallest absolute Gasteiger partial charge is 0.247 e. The van der Waals surface area contributed by atoms with E-state index in [1.54, 1.807) is 25.1 Å². The second kappa shape index (κ2) is 10.3. The minimum atomic E-state index is -3.96. The molecule has 0 bridgehead atoms. The number of hydrogen-bond donors (Lipinski definition) is 1. The molecule has 8 heteroatoms. The van der Waals surface area contributed by atoms with Crippen LogP contribution in [0.15, 0.2) is 53.4 Å². The fourth-order valence-corrected chi connectivity index (χ4v) is 5.66. The summed E-state index contributed by atoms with van der Waals surface area (Å²) in [5.74, 6) is -0.402. The molecule has 0 saturated carbocycles. The molecule has 1 N–H and O–H groups in total. The number of nitrogens with one attached hydrogen (secondary N) is 1. The van der Waals surface area contributed by atoms with Gasteiger partial charge in [0.15, 0.2) is 0 Å². The molecule has 2 aromatic rings. The Hall–Kier alpha value is -2.71. The maximum absolute atomic E-state index is 13.5. The van der Waals surface area contributed by atoms with Gasteiger partial charge in [-0.2, -0.15) is 4.31 Å². The first-order valence-corrected chi connectivity index (χ1v) is 13.2. The van der Waals surface area contributed by atoms with Crippen molar-refractivity contribution in [3.8, 4) is 0 Å². The van der Waals surface area contributed by atoms with Crippen LogP contribution in [0.2, 0.25) is 0 Å². The molecule has 0 unspecified atom stereocenters. The largest absolute Gasteiger partial charge is 0.354 e. The van der Waals surface area contributed by atoms with Crippen LogP contribution in [0.3, 0.4) is 0 Å². The Morgan fingerprint density at radius 2 is 1.82 bits per heavy atom. The number of sulfonamides is 1. The number of nitrogens with zero attached hydrogens (tertiary/aromatic N) is 2. The first-order chi connectivity index (χ1) is 16.0. The summed E-state index contributed by atoms with van der Waals surface area (Å²) in [6, 6.07) is 14.0. The lowest BCUT2D eigenvalue weighted by Crippen LogP contribution is -2.70. The predicted octanol–water partition coefficient (Wildman–Crippen LogP) is 3.52. The maximum Gasteiger partial charge on any atom is 0.247 e.